The van der Waals surface area contributed by atoms with E-state index in [1.54, 1.807) is 6.33 Å². The Labute approximate surface area is 113 Å². The van der Waals surface area contributed by atoms with Crippen LogP contribution in [0.25, 0.3) is 0 Å². The Morgan fingerprint density at radius 2 is 2.11 bits per heavy atom. The van der Waals surface area contributed by atoms with E-state index in [2.05, 4.69) is 10.2 Å². The van der Waals surface area contributed by atoms with Crippen LogP contribution in [0, 0.1) is 5.92 Å². The van der Waals surface area contributed by atoms with Gasteiger partial charge >= 0.3 is 5.97 Å². The van der Waals surface area contributed by atoms with Crippen LogP contribution in [-0.4, -0.2) is 25.8 Å². The summed E-state index contributed by atoms with van der Waals surface area (Å²) in [5.41, 5.74) is -0.755. The van der Waals surface area contributed by atoms with E-state index in [-0.39, 0.29) is 0 Å². The van der Waals surface area contributed by atoms with E-state index in [4.69, 9.17) is 0 Å². The summed E-state index contributed by atoms with van der Waals surface area (Å²) in [5, 5.41) is 17.6. The molecule has 0 bridgehead atoms. The second-order valence-electron chi connectivity index (χ2n) is 6.00. The van der Waals surface area contributed by atoms with Crippen molar-refractivity contribution in [3.05, 3.63) is 12.2 Å². The number of aromatic nitrogens is 3. The number of rotatable bonds is 5. The van der Waals surface area contributed by atoms with E-state index in [0.717, 1.165) is 31.0 Å². The highest BCUT2D eigenvalue weighted by Crippen LogP contribution is 2.40. The predicted molar refractivity (Wildman–Crippen MR) is 69.8 cm³/mol. The van der Waals surface area contributed by atoms with Crippen LogP contribution in [-0.2, 0) is 16.8 Å². The quantitative estimate of drug-likeness (QED) is 0.885. The minimum absolute atomic E-state index is 0.705. The van der Waals surface area contributed by atoms with Crippen LogP contribution in [0.4, 0.5) is 0 Å². The zero-order valence-electron chi connectivity index (χ0n) is 11.2. The average Bonchev–Trinajstić information content (AvgIpc) is 2.94. The van der Waals surface area contributed by atoms with Gasteiger partial charge in [-0.25, -0.2) is 4.79 Å². The first kappa shape index (κ1) is 12.6. The van der Waals surface area contributed by atoms with Gasteiger partial charge in [-0.3, -0.25) is 0 Å². The molecule has 5 nitrogen and oxygen atoms in total. The highest BCUT2D eigenvalue weighted by atomic mass is 16.4. The van der Waals surface area contributed by atoms with Gasteiger partial charge in [0, 0.05) is 6.42 Å². The van der Waals surface area contributed by atoms with E-state index in [9.17, 15) is 9.90 Å². The van der Waals surface area contributed by atoms with Gasteiger partial charge in [0.05, 0.1) is 0 Å². The van der Waals surface area contributed by atoms with Crippen LogP contribution < -0.4 is 0 Å². The highest BCUT2D eigenvalue weighted by molar-refractivity contribution is 5.78. The van der Waals surface area contributed by atoms with E-state index in [1.165, 1.54) is 25.7 Å². The van der Waals surface area contributed by atoms with E-state index >= 15 is 0 Å². The Morgan fingerprint density at radius 3 is 2.68 bits per heavy atom. The van der Waals surface area contributed by atoms with Gasteiger partial charge in [-0.2, -0.15) is 0 Å². The summed E-state index contributed by atoms with van der Waals surface area (Å²) >= 11 is 0. The van der Waals surface area contributed by atoms with Crippen molar-refractivity contribution in [3.63, 3.8) is 0 Å². The monoisotopic (exact) mass is 263 g/mol. The zero-order chi connectivity index (χ0) is 13.3. The third-order valence-electron chi connectivity index (χ3n) is 4.91. The van der Waals surface area contributed by atoms with Gasteiger partial charge in [0.1, 0.15) is 17.7 Å². The largest absolute Gasteiger partial charge is 0.479 e. The molecule has 0 amide bonds. The fraction of sp³-hybridized carbons (Fsp3) is 0.786. The van der Waals surface area contributed by atoms with Gasteiger partial charge in [0.2, 0.25) is 0 Å². The summed E-state index contributed by atoms with van der Waals surface area (Å²) in [6, 6.07) is 0. The normalized spacial score (nSPS) is 22.3. The Bertz CT molecular complexity index is 459. The molecule has 2 saturated carbocycles. The molecule has 0 spiro atoms. The molecule has 1 aromatic rings. The van der Waals surface area contributed by atoms with Crippen molar-refractivity contribution in [2.24, 2.45) is 5.92 Å². The summed E-state index contributed by atoms with van der Waals surface area (Å²) in [7, 11) is 0. The van der Waals surface area contributed by atoms with E-state index in [1.807, 2.05) is 4.57 Å². The summed E-state index contributed by atoms with van der Waals surface area (Å²) in [6.07, 6.45) is 11.3. The van der Waals surface area contributed by atoms with Crippen molar-refractivity contribution in [2.45, 2.75) is 63.3 Å². The molecule has 0 saturated heterocycles. The first-order chi connectivity index (χ1) is 9.22. The van der Waals surface area contributed by atoms with Crippen molar-refractivity contribution in [1.29, 1.82) is 0 Å². The topological polar surface area (TPSA) is 68.0 Å². The average molecular weight is 263 g/mol. The van der Waals surface area contributed by atoms with E-state index in [0.29, 0.717) is 12.8 Å². The smallest absolute Gasteiger partial charge is 0.329 e. The Hall–Kier alpha value is -1.39. The van der Waals surface area contributed by atoms with Crippen molar-refractivity contribution < 1.29 is 9.90 Å². The van der Waals surface area contributed by atoms with Crippen LogP contribution in [0.2, 0.25) is 0 Å². The van der Waals surface area contributed by atoms with Crippen molar-refractivity contribution >= 4 is 5.97 Å². The molecule has 2 aliphatic rings. The lowest BCUT2D eigenvalue weighted by Crippen LogP contribution is -2.48. The molecule has 1 aromatic heterocycles. The lowest BCUT2D eigenvalue weighted by molar-refractivity contribution is -0.152. The molecule has 0 aliphatic heterocycles. The molecule has 104 valence electrons. The third kappa shape index (κ3) is 2.15. The summed E-state index contributed by atoms with van der Waals surface area (Å²) < 4.78 is 1.83. The zero-order valence-corrected chi connectivity index (χ0v) is 11.2. The Kier molecular flexibility index (Phi) is 3.29. The molecule has 0 unspecified atom stereocenters. The molecule has 3 rings (SSSR count). The Balaban J connectivity index is 1.72. The van der Waals surface area contributed by atoms with Gasteiger partial charge < -0.3 is 9.67 Å². The number of carboxylic acids is 1. The molecule has 5 heteroatoms. The number of aryl methyl sites for hydroxylation is 1. The molecule has 1 heterocycles. The lowest BCUT2D eigenvalue weighted by Gasteiger charge is -2.39. The molecular weight excluding hydrogens is 242 g/mol. The summed E-state index contributed by atoms with van der Waals surface area (Å²) in [5.74, 6) is 0.919. The van der Waals surface area contributed by atoms with Gasteiger partial charge in [0.15, 0.2) is 0 Å². The standard InChI is InChI=1S/C14H21N3O2/c18-13(19)14(8-3-9-14)17-10-15-16-12(17)7-6-11-4-1-2-5-11/h10-11H,1-9H2,(H,18,19). The molecule has 2 fully saturated rings. The Morgan fingerprint density at radius 1 is 1.37 bits per heavy atom. The fourth-order valence-corrected chi connectivity index (χ4v) is 3.49. The van der Waals surface area contributed by atoms with Crippen LogP contribution >= 0.6 is 0 Å². The maximum atomic E-state index is 11.5. The highest BCUT2D eigenvalue weighted by Gasteiger charge is 2.47. The minimum Gasteiger partial charge on any atom is -0.479 e. The number of carboxylic acid groups (broad SMARTS) is 1. The molecule has 0 aromatic carbocycles. The number of carbonyl (C=O) groups is 1. The van der Waals surface area contributed by atoms with Gasteiger partial charge in [0.25, 0.3) is 0 Å². The minimum atomic E-state index is -0.755. The molecule has 2 aliphatic carbocycles. The van der Waals surface area contributed by atoms with Crippen LogP contribution in [0.3, 0.4) is 0 Å². The van der Waals surface area contributed by atoms with Crippen molar-refractivity contribution in [2.75, 3.05) is 0 Å². The number of hydrogen-bond donors (Lipinski definition) is 1. The number of aliphatic carboxylic acids is 1. The number of hydrogen-bond acceptors (Lipinski definition) is 3. The van der Waals surface area contributed by atoms with Crippen molar-refractivity contribution in [1.82, 2.24) is 14.8 Å². The second kappa shape index (κ2) is 4.94. The summed E-state index contributed by atoms with van der Waals surface area (Å²) in [4.78, 5) is 11.5. The predicted octanol–water partition coefficient (Wildman–Crippen LogP) is 2.36. The lowest BCUT2D eigenvalue weighted by atomic mass is 9.76. The maximum absolute atomic E-state index is 11.5. The number of nitrogens with zero attached hydrogens (tertiary/aromatic N) is 3. The van der Waals surface area contributed by atoms with Gasteiger partial charge in [-0.05, 0) is 31.6 Å². The SMILES string of the molecule is O=C(O)C1(n2cnnc2CCC2CCCC2)CCC1. The van der Waals surface area contributed by atoms with Crippen LogP contribution in [0.1, 0.15) is 57.2 Å². The summed E-state index contributed by atoms with van der Waals surface area (Å²) in [6.45, 7) is 0. The first-order valence-electron chi connectivity index (χ1n) is 7.35. The molecule has 1 N–H and O–H groups in total. The molecule has 19 heavy (non-hydrogen) atoms. The third-order valence-corrected chi connectivity index (χ3v) is 4.91. The van der Waals surface area contributed by atoms with Crippen LogP contribution in [0.5, 0.6) is 0 Å². The van der Waals surface area contributed by atoms with Gasteiger partial charge in [-0.15, -0.1) is 10.2 Å². The molecule has 0 atom stereocenters. The van der Waals surface area contributed by atoms with Crippen molar-refractivity contribution in [3.8, 4) is 0 Å². The van der Waals surface area contributed by atoms with Crippen LogP contribution in [0.15, 0.2) is 6.33 Å². The van der Waals surface area contributed by atoms with E-state index < -0.39 is 11.5 Å². The fourth-order valence-electron chi connectivity index (χ4n) is 3.49. The molecule has 0 radical (unpaired) electrons. The maximum Gasteiger partial charge on any atom is 0.329 e. The first-order valence-corrected chi connectivity index (χ1v) is 7.35. The second-order valence-corrected chi connectivity index (χ2v) is 6.00. The molecular formula is C14H21N3O2. The van der Waals surface area contributed by atoms with Gasteiger partial charge in [-0.1, -0.05) is 25.7 Å².